The highest BCUT2D eigenvalue weighted by molar-refractivity contribution is 7.89. The van der Waals surface area contributed by atoms with Gasteiger partial charge in [-0.25, -0.2) is 8.42 Å². The zero-order valence-corrected chi connectivity index (χ0v) is 12.7. The Kier molecular flexibility index (Phi) is 6.06. The average molecular weight is 307 g/mol. The molecule has 1 rings (SSSR count). The summed E-state index contributed by atoms with van der Waals surface area (Å²) in [6.07, 6.45) is 0. The molecule has 5 nitrogen and oxygen atoms in total. The molecule has 0 saturated carbocycles. The highest BCUT2D eigenvalue weighted by Gasteiger charge is 2.25. The second-order valence-electron chi connectivity index (χ2n) is 3.88. The topological polar surface area (TPSA) is 72.6 Å². The summed E-state index contributed by atoms with van der Waals surface area (Å²) in [5, 5.41) is 0.170. The van der Waals surface area contributed by atoms with E-state index in [4.69, 9.17) is 22.1 Å². The van der Waals surface area contributed by atoms with E-state index in [2.05, 4.69) is 0 Å². The van der Waals surface area contributed by atoms with Gasteiger partial charge in [-0.15, -0.1) is 0 Å². The van der Waals surface area contributed by atoms with Crippen molar-refractivity contribution >= 4 is 27.3 Å². The molecule has 0 aromatic heterocycles. The predicted molar refractivity (Wildman–Crippen MR) is 76.8 cm³/mol. The predicted octanol–water partition coefficient (Wildman–Crippen LogP) is 1.97. The van der Waals surface area contributed by atoms with Gasteiger partial charge in [0, 0.05) is 25.4 Å². The lowest BCUT2D eigenvalue weighted by Gasteiger charge is -2.21. The van der Waals surface area contributed by atoms with Crippen LogP contribution in [0.25, 0.3) is 0 Å². The number of benzene rings is 1. The quantitative estimate of drug-likeness (QED) is 0.617. The lowest BCUT2D eigenvalue weighted by atomic mass is 10.3. The van der Waals surface area contributed by atoms with Gasteiger partial charge in [0.1, 0.15) is 4.90 Å². The molecule has 0 aliphatic carbocycles. The Hall–Kier alpha value is -0.820. The summed E-state index contributed by atoms with van der Waals surface area (Å²) in [4.78, 5) is 0.0347. The number of halogens is 1. The Morgan fingerprint density at radius 2 is 2.05 bits per heavy atom. The van der Waals surface area contributed by atoms with Gasteiger partial charge < -0.3 is 10.5 Å². The van der Waals surface area contributed by atoms with E-state index >= 15 is 0 Å². The first-order valence-electron chi connectivity index (χ1n) is 6.06. The number of anilines is 1. The maximum atomic E-state index is 12.5. The van der Waals surface area contributed by atoms with Crippen molar-refractivity contribution in [3.8, 4) is 0 Å². The number of rotatable bonds is 7. The number of hydrogen-bond donors (Lipinski definition) is 1. The number of nitrogens with two attached hydrogens (primary N) is 1. The highest BCUT2D eigenvalue weighted by atomic mass is 35.5. The minimum absolute atomic E-state index is 0.0347. The number of hydrogen-bond acceptors (Lipinski definition) is 4. The van der Waals surface area contributed by atoms with Crippen molar-refractivity contribution in [2.24, 2.45) is 0 Å². The molecule has 0 atom stereocenters. The summed E-state index contributed by atoms with van der Waals surface area (Å²) in [6, 6.07) is 4.43. The van der Waals surface area contributed by atoms with E-state index < -0.39 is 10.0 Å². The van der Waals surface area contributed by atoms with E-state index in [1.807, 2.05) is 6.92 Å². The van der Waals surface area contributed by atoms with Crippen LogP contribution in [0.5, 0.6) is 0 Å². The van der Waals surface area contributed by atoms with Crippen LogP contribution in [0.15, 0.2) is 23.1 Å². The standard InChI is InChI=1S/C12H19ClN2O3S/c1-3-15(7-8-18-4-2)19(16,17)12-9-10(14)5-6-11(12)13/h5-6,9H,3-4,7-8,14H2,1-2H3. The third-order valence-corrected chi connectivity index (χ3v) is 5.07. The van der Waals surface area contributed by atoms with Crippen LogP contribution in [0.3, 0.4) is 0 Å². The van der Waals surface area contributed by atoms with Gasteiger partial charge in [0.25, 0.3) is 0 Å². The molecule has 0 spiro atoms. The van der Waals surface area contributed by atoms with Crippen LogP contribution < -0.4 is 5.73 Å². The van der Waals surface area contributed by atoms with Gasteiger partial charge >= 0.3 is 0 Å². The molecule has 0 radical (unpaired) electrons. The van der Waals surface area contributed by atoms with Crippen molar-refractivity contribution in [1.82, 2.24) is 4.31 Å². The van der Waals surface area contributed by atoms with Crippen LogP contribution in [0.2, 0.25) is 5.02 Å². The molecule has 0 heterocycles. The molecule has 0 fully saturated rings. The van der Waals surface area contributed by atoms with Crippen LogP contribution in [0.4, 0.5) is 5.69 Å². The van der Waals surface area contributed by atoms with E-state index in [-0.39, 0.29) is 16.5 Å². The molecule has 19 heavy (non-hydrogen) atoms. The molecule has 1 aromatic carbocycles. The zero-order valence-electron chi connectivity index (χ0n) is 11.1. The highest BCUT2D eigenvalue weighted by Crippen LogP contribution is 2.26. The first-order valence-corrected chi connectivity index (χ1v) is 7.88. The average Bonchev–Trinajstić information content (AvgIpc) is 2.37. The maximum Gasteiger partial charge on any atom is 0.244 e. The molecule has 0 aliphatic rings. The number of nitrogens with zero attached hydrogens (tertiary/aromatic N) is 1. The molecule has 0 aliphatic heterocycles. The van der Waals surface area contributed by atoms with Crippen LogP contribution >= 0.6 is 11.6 Å². The van der Waals surface area contributed by atoms with Gasteiger partial charge in [-0.2, -0.15) is 4.31 Å². The Morgan fingerprint density at radius 3 is 2.63 bits per heavy atom. The first-order chi connectivity index (χ1) is 8.93. The molecular formula is C12H19ClN2O3S. The second kappa shape index (κ2) is 7.09. The fourth-order valence-corrected chi connectivity index (χ4v) is 3.56. The molecule has 1 aromatic rings. The van der Waals surface area contributed by atoms with E-state index in [1.165, 1.54) is 16.4 Å². The van der Waals surface area contributed by atoms with Crippen molar-refractivity contribution < 1.29 is 13.2 Å². The van der Waals surface area contributed by atoms with Crippen molar-refractivity contribution in [3.63, 3.8) is 0 Å². The van der Waals surface area contributed by atoms with Crippen LogP contribution in [0.1, 0.15) is 13.8 Å². The molecule has 0 bridgehead atoms. The minimum Gasteiger partial charge on any atom is -0.399 e. The first kappa shape index (κ1) is 16.2. The third-order valence-electron chi connectivity index (χ3n) is 2.61. The largest absolute Gasteiger partial charge is 0.399 e. The SMILES string of the molecule is CCOCCN(CC)S(=O)(=O)c1cc(N)ccc1Cl. The normalized spacial score (nSPS) is 12.0. The number of nitrogen functional groups attached to an aromatic ring is 1. The summed E-state index contributed by atoms with van der Waals surface area (Å²) in [6.45, 7) is 5.17. The van der Waals surface area contributed by atoms with E-state index in [0.29, 0.717) is 25.4 Å². The fourth-order valence-electron chi connectivity index (χ4n) is 1.62. The molecular weight excluding hydrogens is 288 g/mol. The molecule has 108 valence electrons. The third kappa shape index (κ3) is 4.07. The maximum absolute atomic E-state index is 12.5. The van der Waals surface area contributed by atoms with Gasteiger partial charge in [-0.1, -0.05) is 18.5 Å². The van der Waals surface area contributed by atoms with E-state index in [1.54, 1.807) is 13.0 Å². The number of likely N-dealkylation sites (N-methyl/N-ethyl adjacent to an activating group) is 1. The van der Waals surface area contributed by atoms with Crippen molar-refractivity contribution in [3.05, 3.63) is 23.2 Å². The van der Waals surface area contributed by atoms with Gasteiger partial charge in [0.05, 0.1) is 11.6 Å². The van der Waals surface area contributed by atoms with Gasteiger partial charge in [0.2, 0.25) is 10.0 Å². The summed E-state index contributed by atoms with van der Waals surface area (Å²) < 4.78 is 31.4. The lowest BCUT2D eigenvalue weighted by Crippen LogP contribution is -2.34. The summed E-state index contributed by atoms with van der Waals surface area (Å²) >= 11 is 5.95. The summed E-state index contributed by atoms with van der Waals surface area (Å²) in [7, 11) is -3.64. The zero-order chi connectivity index (χ0) is 14.5. The Labute approximate surface area is 119 Å². The monoisotopic (exact) mass is 306 g/mol. The molecule has 0 amide bonds. The van der Waals surface area contributed by atoms with Gasteiger partial charge in [-0.3, -0.25) is 0 Å². The van der Waals surface area contributed by atoms with E-state index in [0.717, 1.165) is 0 Å². The molecule has 7 heteroatoms. The fraction of sp³-hybridized carbons (Fsp3) is 0.500. The smallest absolute Gasteiger partial charge is 0.244 e. The molecule has 0 saturated heterocycles. The van der Waals surface area contributed by atoms with Gasteiger partial charge in [0.15, 0.2) is 0 Å². The van der Waals surface area contributed by atoms with Crippen LogP contribution in [-0.2, 0) is 14.8 Å². The second-order valence-corrected chi connectivity index (χ2v) is 6.20. The molecule has 2 N–H and O–H groups in total. The van der Waals surface area contributed by atoms with Crippen molar-refractivity contribution in [2.45, 2.75) is 18.7 Å². The van der Waals surface area contributed by atoms with Crippen molar-refractivity contribution in [2.75, 3.05) is 32.0 Å². The number of sulfonamides is 1. The molecule has 0 unspecified atom stereocenters. The Morgan fingerprint density at radius 1 is 1.37 bits per heavy atom. The Bertz CT molecular complexity index is 520. The number of ether oxygens (including phenoxy) is 1. The minimum atomic E-state index is -3.64. The van der Waals surface area contributed by atoms with Crippen molar-refractivity contribution in [1.29, 1.82) is 0 Å². The van der Waals surface area contributed by atoms with Gasteiger partial charge in [-0.05, 0) is 25.1 Å². The Balaban J connectivity index is 3.03. The summed E-state index contributed by atoms with van der Waals surface area (Å²) in [5.41, 5.74) is 5.99. The summed E-state index contributed by atoms with van der Waals surface area (Å²) in [5.74, 6) is 0. The van der Waals surface area contributed by atoms with Crippen LogP contribution in [-0.4, -0.2) is 39.0 Å². The van der Waals surface area contributed by atoms with E-state index in [9.17, 15) is 8.42 Å². The lowest BCUT2D eigenvalue weighted by molar-refractivity contribution is 0.135. The van der Waals surface area contributed by atoms with Crippen LogP contribution in [0, 0.1) is 0 Å².